The van der Waals surface area contributed by atoms with Crippen LogP contribution in [0, 0.1) is 18.3 Å². The molecule has 4 aromatic rings. The van der Waals surface area contributed by atoms with E-state index in [1.807, 2.05) is 67.6 Å². The average Bonchev–Trinajstić information content (AvgIpc) is 2.84. The number of hydrogen-bond acceptors (Lipinski definition) is 4. The van der Waals surface area contributed by atoms with Gasteiger partial charge in [0.05, 0.1) is 16.5 Å². The number of nitrogens with one attached hydrogen (secondary N) is 1. The van der Waals surface area contributed by atoms with Crippen LogP contribution in [0.25, 0.3) is 22.4 Å². The molecular formula is C28H22ClN3OS. The molecule has 4 nitrogen and oxygen atoms in total. The van der Waals surface area contributed by atoms with E-state index in [1.54, 1.807) is 31.2 Å². The highest BCUT2D eigenvalue weighted by Crippen LogP contribution is 2.36. The molecule has 6 heteroatoms. The summed E-state index contributed by atoms with van der Waals surface area (Å²) < 4.78 is 0. The van der Waals surface area contributed by atoms with Crippen LogP contribution in [0.4, 0.5) is 5.69 Å². The molecule has 1 heterocycles. The topological polar surface area (TPSA) is 65.8 Å². The van der Waals surface area contributed by atoms with Gasteiger partial charge < -0.3 is 5.32 Å². The normalized spacial score (nSPS) is 11.5. The van der Waals surface area contributed by atoms with Gasteiger partial charge in [-0.1, -0.05) is 89.6 Å². The fraction of sp³-hybridized carbons (Fsp3) is 0.107. The zero-order valence-electron chi connectivity index (χ0n) is 18.7. The lowest BCUT2D eigenvalue weighted by atomic mass is 9.98. The third kappa shape index (κ3) is 5.48. The summed E-state index contributed by atoms with van der Waals surface area (Å²) >= 11 is 7.30. The molecular weight excluding hydrogens is 462 g/mol. The number of rotatable bonds is 6. The maximum atomic E-state index is 12.9. The number of nitrogens with zero attached hydrogens (tertiary/aromatic N) is 2. The number of benzene rings is 3. The first-order chi connectivity index (χ1) is 16.4. The molecule has 0 saturated carbocycles. The van der Waals surface area contributed by atoms with Crippen LogP contribution in [0.15, 0.2) is 90.0 Å². The van der Waals surface area contributed by atoms with Crippen molar-refractivity contribution in [2.24, 2.45) is 0 Å². The lowest BCUT2D eigenvalue weighted by Gasteiger charge is -2.16. The smallest absolute Gasteiger partial charge is 0.237 e. The van der Waals surface area contributed by atoms with Crippen LogP contribution in [-0.4, -0.2) is 16.1 Å². The monoisotopic (exact) mass is 483 g/mol. The van der Waals surface area contributed by atoms with Crippen molar-refractivity contribution in [1.29, 1.82) is 5.26 Å². The van der Waals surface area contributed by atoms with Crippen molar-refractivity contribution < 1.29 is 4.79 Å². The van der Waals surface area contributed by atoms with E-state index >= 15 is 0 Å². The highest BCUT2D eigenvalue weighted by Gasteiger charge is 2.21. The molecule has 4 rings (SSSR count). The Kier molecular flexibility index (Phi) is 7.32. The summed E-state index contributed by atoms with van der Waals surface area (Å²) in [5.41, 5.74) is 5.63. The van der Waals surface area contributed by atoms with Crippen molar-refractivity contribution in [3.05, 3.63) is 101 Å². The van der Waals surface area contributed by atoms with Gasteiger partial charge in [-0.25, -0.2) is 4.98 Å². The first-order valence-corrected chi connectivity index (χ1v) is 12.0. The number of carbonyl (C=O) groups is 1. The van der Waals surface area contributed by atoms with Crippen molar-refractivity contribution in [1.82, 2.24) is 4.98 Å². The number of pyridine rings is 1. The number of amides is 1. The molecule has 0 fully saturated rings. The van der Waals surface area contributed by atoms with Gasteiger partial charge in [0.15, 0.2) is 0 Å². The molecule has 0 aliphatic carbocycles. The summed E-state index contributed by atoms with van der Waals surface area (Å²) in [6, 6.07) is 29.2. The molecule has 0 radical (unpaired) electrons. The van der Waals surface area contributed by atoms with E-state index < -0.39 is 5.25 Å². The lowest BCUT2D eigenvalue weighted by molar-refractivity contribution is -0.115. The van der Waals surface area contributed by atoms with E-state index in [0.29, 0.717) is 21.3 Å². The van der Waals surface area contributed by atoms with Gasteiger partial charge in [-0.3, -0.25) is 4.79 Å². The first kappa shape index (κ1) is 23.6. The Bertz CT molecular complexity index is 1370. The molecule has 1 amide bonds. The Morgan fingerprint density at radius 1 is 1.00 bits per heavy atom. The molecule has 0 saturated heterocycles. The average molecular weight is 484 g/mol. The van der Waals surface area contributed by atoms with Crippen LogP contribution in [0.2, 0.25) is 5.02 Å². The Labute approximate surface area is 208 Å². The molecule has 1 N–H and O–H groups in total. The van der Waals surface area contributed by atoms with Gasteiger partial charge in [0.2, 0.25) is 5.91 Å². The van der Waals surface area contributed by atoms with E-state index in [1.165, 1.54) is 11.8 Å². The predicted octanol–water partition coefficient (Wildman–Crippen LogP) is 7.37. The number of thioether (sulfide) groups is 1. The molecule has 34 heavy (non-hydrogen) atoms. The molecule has 3 aromatic carbocycles. The number of nitriles is 1. The number of aromatic nitrogens is 1. The van der Waals surface area contributed by atoms with Crippen LogP contribution >= 0.6 is 23.4 Å². The third-order valence-corrected chi connectivity index (χ3v) is 6.60. The van der Waals surface area contributed by atoms with Crippen LogP contribution in [-0.2, 0) is 4.79 Å². The van der Waals surface area contributed by atoms with E-state index in [-0.39, 0.29) is 5.91 Å². The Morgan fingerprint density at radius 2 is 1.74 bits per heavy atom. The van der Waals surface area contributed by atoms with Crippen molar-refractivity contribution in [3.63, 3.8) is 0 Å². The highest BCUT2D eigenvalue weighted by atomic mass is 35.5. The van der Waals surface area contributed by atoms with Gasteiger partial charge in [0.1, 0.15) is 11.1 Å². The van der Waals surface area contributed by atoms with Gasteiger partial charge in [-0.2, -0.15) is 5.26 Å². The third-order valence-electron chi connectivity index (χ3n) is 5.28. The largest absolute Gasteiger partial charge is 0.325 e. The van der Waals surface area contributed by atoms with Crippen LogP contribution in [0.1, 0.15) is 18.1 Å². The number of anilines is 1. The van der Waals surface area contributed by atoms with Crippen LogP contribution < -0.4 is 5.32 Å². The maximum Gasteiger partial charge on any atom is 0.237 e. The summed E-state index contributed by atoms with van der Waals surface area (Å²) in [7, 11) is 0. The van der Waals surface area contributed by atoms with E-state index in [0.717, 1.165) is 27.9 Å². The number of aryl methyl sites for hydroxylation is 1. The first-order valence-electron chi connectivity index (χ1n) is 10.8. The molecule has 0 unspecified atom stereocenters. The zero-order valence-corrected chi connectivity index (χ0v) is 20.3. The second-order valence-electron chi connectivity index (χ2n) is 7.84. The van der Waals surface area contributed by atoms with Crippen molar-refractivity contribution in [2.75, 3.05) is 5.32 Å². The fourth-order valence-corrected chi connectivity index (χ4v) is 4.58. The van der Waals surface area contributed by atoms with Gasteiger partial charge >= 0.3 is 0 Å². The van der Waals surface area contributed by atoms with E-state index in [2.05, 4.69) is 11.4 Å². The number of carbonyl (C=O) groups excluding carboxylic acids is 1. The SMILES string of the molecule is Cc1ccc(-c2cc(-c3ccccc3)nc(S[C@H](C)C(=O)Nc3cccc(Cl)c3)c2C#N)cc1. The maximum absolute atomic E-state index is 12.9. The minimum absolute atomic E-state index is 0.194. The van der Waals surface area contributed by atoms with Crippen molar-refractivity contribution in [3.8, 4) is 28.5 Å². The highest BCUT2D eigenvalue weighted by molar-refractivity contribution is 8.00. The number of hydrogen-bond donors (Lipinski definition) is 1. The summed E-state index contributed by atoms with van der Waals surface area (Å²) in [6.07, 6.45) is 0. The summed E-state index contributed by atoms with van der Waals surface area (Å²) in [6.45, 7) is 3.83. The van der Waals surface area contributed by atoms with Gasteiger partial charge in [-0.15, -0.1) is 0 Å². The number of halogens is 1. The molecule has 1 aromatic heterocycles. The second-order valence-corrected chi connectivity index (χ2v) is 9.60. The quantitative estimate of drug-likeness (QED) is 0.291. The lowest BCUT2D eigenvalue weighted by Crippen LogP contribution is -2.22. The van der Waals surface area contributed by atoms with Crippen molar-refractivity contribution in [2.45, 2.75) is 24.1 Å². The van der Waals surface area contributed by atoms with Gasteiger partial charge in [0.25, 0.3) is 0 Å². The van der Waals surface area contributed by atoms with E-state index in [9.17, 15) is 10.1 Å². The fourth-order valence-electron chi connectivity index (χ4n) is 3.46. The second kappa shape index (κ2) is 10.6. The Balaban J connectivity index is 1.73. The minimum atomic E-state index is -0.490. The van der Waals surface area contributed by atoms with Gasteiger partial charge in [-0.05, 0) is 43.7 Å². The van der Waals surface area contributed by atoms with Crippen LogP contribution in [0.3, 0.4) is 0 Å². The molecule has 0 aliphatic heterocycles. The van der Waals surface area contributed by atoms with E-state index in [4.69, 9.17) is 16.6 Å². The molecule has 168 valence electrons. The standard InChI is InChI=1S/C28H22ClN3OS/c1-18-11-13-20(14-12-18)24-16-26(21-7-4-3-5-8-21)32-28(25(24)17-30)34-19(2)27(33)31-23-10-6-9-22(29)15-23/h3-16,19H,1-2H3,(H,31,33)/t19-/m1/s1. The summed E-state index contributed by atoms with van der Waals surface area (Å²) in [5, 5.41) is 13.5. The Hall–Kier alpha value is -3.59. The molecule has 0 bridgehead atoms. The summed E-state index contributed by atoms with van der Waals surface area (Å²) in [4.78, 5) is 17.7. The molecule has 0 aliphatic rings. The summed E-state index contributed by atoms with van der Waals surface area (Å²) in [5.74, 6) is -0.194. The Morgan fingerprint density at radius 3 is 2.41 bits per heavy atom. The molecule has 1 atom stereocenters. The molecule has 0 spiro atoms. The van der Waals surface area contributed by atoms with Crippen LogP contribution in [0.5, 0.6) is 0 Å². The minimum Gasteiger partial charge on any atom is -0.325 e. The van der Waals surface area contributed by atoms with Gasteiger partial charge in [0, 0.05) is 21.8 Å². The predicted molar refractivity (Wildman–Crippen MR) is 140 cm³/mol. The zero-order chi connectivity index (χ0) is 24.1. The van der Waals surface area contributed by atoms with Crippen molar-refractivity contribution >= 4 is 35.0 Å².